The van der Waals surface area contributed by atoms with E-state index in [9.17, 15) is 4.79 Å². The first-order chi connectivity index (χ1) is 7.59. The first-order valence-corrected chi connectivity index (χ1v) is 6.19. The number of carboxylic acids is 1. The molecule has 1 fully saturated rings. The molecule has 2 aliphatic carbocycles. The summed E-state index contributed by atoms with van der Waals surface area (Å²) < 4.78 is 0. The first kappa shape index (κ1) is 11.4. The van der Waals surface area contributed by atoms with Gasteiger partial charge in [0.05, 0.1) is 0 Å². The van der Waals surface area contributed by atoms with Crippen molar-refractivity contribution in [2.45, 2.75) is 39.0 Å². The summed E-state index contributed by atoms with van der Waals surface area (Å²) in [7, 11) is 0. The molecule has 0 aromatic rings. The Balaban J connectivity index is 2.21. The quantitative estimate of drug-likeness (QED) is 0.572. The fourth-order valence-electron chi connectivity index (χ4n) is 3.29. The van der Waals surface area contributed by atoms with Gasteiger partial charge in [0, 0.05) is 5.57 Å². The number of fused-ring (bicyclic) bond motifs is 1. The molecule has 0 radical (unpaired) electrons. The minimum absolute atomic E-state index is 0.173. The van der Waals surface area contributed by atoms with E-state index in [1.165, 1.54) is 24.8 Å². The number of rotatable bonds is 2. The SMILES string of the molecule is C=C(C(=O)O)[C@@H]1CCC[C@H]2CCC(C)=C[C@H]21. The minimum Gasteiger partial charge on any atom is -0.478 e. The highest BCUT2D eigenvalue weighted by molar-refractivity contribution is 5.86. The Morgan fingerprint density at radius 3 is 2.88 bits per heavy atom. The van der Waals surface area contributed by atoms with Gasteiger partial charge in [-0.3, -0.25) is 0 Å². The summed E-state index contributed by atoms with van der Waals surface area (Å²) in [6.45, 7) is 5.92. The molecule has 2 nitrogen and oxygen atoms in total. The molecule has 0 aromatic carbocycles. The van der Waals surface area contributed by atoms with Crippen molar-refractivity contribution in [2.24, 2.45) is 17.8 Å². The number of carboxylic acid groups (broad SMARTS) is 1. The summed E-state index contributed by atoms with van der Waals surface area (Å²) in [5.74, 6) is 0.485. The fraction of sp³-hybridized carbons (Fsp3) is 0.643. The van der Waals surface area contributed by atoms with Crippen LogP contribution in [-0.4, -0.2) is 11.1 Å². The van der Waals surface area contributed by atoms with Crippen LogP contribution in [0, 0.1) is 17.8 Å². The van der Waals surface area contributed by atoms with Crippen molar-refractivity contribution in [2.75, 3.05) is 0 Å². The molecule has 0 saturated heterocycles. The van der Waals surface area contributed by atoms with Crippen molar-refractivity contribution in [3.05, 3.63) is 23.8 Å². The molecule has 0 unspecified atom stereocenters. The Morgan fingerprint density at radius 1 is 1.44 bits per heavy atom. The monoisotopic (exact) mass is 220 g/mol. The lowest BCUT2D eigenvalue weighted by Crippen LogP contribution is -2.32. The number of allylic oxidation sites excluding steroid dienone is 2. The van der Waals surface area contributed by atoms with E-state index >= 15 is 0 Å². The zero-order valence-corrected chi connectivity index (χ0v) is 9.91. The van der Waals surface area contributed by atoms with Crippen LogP contribution < -0.4 is 0 Å². The average molecular weight is 220 g/mol. The summed E-state index contributed by atoms with van der Waals surface area (Å²) in [5, 5.41) is 9.07. The Labute approximate surface area is 97.0 Å². The van der Waals surface area contributed by atoms with Crippen molar-refractivity contribution in [1.29, 1.82) is 0 Å². The number of hydrogen-bond donors (Lipinski definition) is 1. The molecule has 0 aromatic heterocycles. The van der Waals surface area contributed by atoms with Gasteiger partial charge in [0.15, 0.2) is 0 Å². The lowest BCUT2D eigenvalue weighted by Gasteiger charge is -2.39. The van der Waals surface area contributed by atoms with Crippen LogP contribution in [-0.2, 0) is 4.79 Å². The largest absolute Gasteiger partial charge is 0.478 e. The zero-order valence-electron chi connectivity index (χ0n) is 9.91. The molecular weight excluding hydrogens is 200 g/mol. The van der Waals surface area contributed by atoms with Crippen molar-refractivity contribution in [3.63, 3.8) is 0 Å². The Hall–Kier alpha value is -1.05. The highest BCUT2D eigenvalue weighted by Gasteiger charge is 2.36. The standard InChI is InChI=1S/C14H20O2/c1-9-6-7-11-4-3-5-12(13(11)8-9)10(2)14(15)16/h8,11-13H,2-7H2,1H3,(H,15,16)/t11-,12-,13+/m0/s1. The highest BCUT2D eigenvalue weighted by Crippen LogP contribution is 2.44. The van der Waals surface area contributed by atoms with Gasteiger partial charge in [0.25, 0.3) is 0 Å². The number of aliphatic carboxylic acids is 1. The third-order valence-electron chi connectivity index (χ3n) is 4.21. The van der Waals surface area contributed by atoms with Gasteiger partial charge in [-0.1, -0.05) is 24.6 Å². The normalized spacial score (nSPS) is 33.8. The second-order valence-corrected chi connectivity index (χ2v) is 5.26. The van der Waals surface area contributed by atoms with E-state index in [-0.39, 0.29) is 5.92 Å². The van der Waals surface area contributed by atoms with Crippen LogP contribution in [0.15, 0.2) is 23.8 Å². The van der Waals surface area contributed by atoms with Gasteiger partial charge in [0.1, 0.15) is 0 Å². The lowest BCUT2D eigenvalue weighted by molar-refractivity contribution is -0.133. The first-order valence-electron chi connectivity index (χ1n) is 6.19. The van der Waals surface area contributed by atoms with Crippen molar-refractivity contribution >= 4 is 5.97 Å². The van der Waals surface area contributed by atoms with Gasteiger partial charge >= 0.3 is 5.97 Å². The number of hydrogen-bond acceptors (Lipinski definition) is 1. The molecule has 3 atom stereocenters. The molecule has 1 N–H and O–H groups in total. The fourth-order valence-corrected chi connectivity index (χ4v) is 3.29. The van der Waals surface area contributed by atoms with E-state index in [1.807, 2.05) is 0 Å². The van der Waals surface area contributed by atoms with Gasteiger partial charge in [0.2, 0.25) is 0 Å². The maximum atomic E-state index is 11.0. The Morgan fingerprint density at radius 2 is 2.19 bits per heavy atom. The summed E-state index contributed by atoms with van der Waals surface area (Å²) in [6.07, 6.45) is 8.15. The molecule has 0 aliphatic heterocycles. The third-order valence-corrected chi connectivity index (χ3v) is 4.21. The molecule has 2 aliphatic rings. The van der Waals surface area contributed by atoms with Crippen LogP contribution in [0.3, 0.4) is 0 Å². The van der Waals surface area contributed by atoms with Gasteiger partial charge < -0.3 is 5.11 Å². The van der Waals surface area contributed by atoms with E-state index in [0.29, 0.717) is 17.4 Å². The van der Waals surface area contributed by atoms with Gasteiger partial charge in [-0.2, -0.15) is 0 Å². The second kappa shape index (κ2) is 4.44. The maximum Gasteiger partial charge on any atom is 0.331 e. The predicted octanol–water partition coefficient (Wildman–Crippen LogP) is 3.40. The van der Waals surface area contributed by atoms with E-state index in [1.54, 1.807) is 0 Å². The van der Waals surface area contributed by atoms with Crippen molar-refractivity contribution in [1.82, 2.24) is 0 Å². The summed E-state index contributed by atoms with van der Waals surface area (Å²) in [4.78, 5) is 11.0. The van der Waals surface area contributed by atoms with Gasteiger partial charge in [-0.05, 0) is 50.4 Å². The molecule has 0 heterocycles. The second-order valence-electron chi connectivity index (χ2n) is 5.26. The molecule has 16 heavy (non-hydrogen) atoms. The van der Waals surface area contributed by atoms with Gasteiger partial charge in [-0.15, -0.1) is 0 Å². The summed E-state index contributed by atoms with van der Waals surface area (Å²) in [5.41, 5.74) is 1.84. The van der Waals surface area contributed by atoms with Crippen molar-refractivity contribution < 1.29 is 9.90 Å². The summed E-state index contributed by atoms with van der Waals surface area (Å²) >= 11 is 0. The van der Waals surface area contributed by atoms with Crippen LogP contribution in [0.4, 0.5) is 0 Å². The minimum atomic E-state index is -0.817. The highest BCUT2D eigenvalue weighted by atomic mass is 16.4. The lowest BCUT2D eigenvalue weighted by atomic mass is 9.65. The summed E-state index contributed by atoms with van der Waals surface area (Å²) in [6, 6.07) is 0. The molecular formula is C14H20O2. The van der Waals surface area contributed by atoms with Crippen LogP contribution in [0.1, 0.15) is 39.0 Å². The van der Waals surface area contributed by atoms with Crippen LogP contribution >= 0.6 is 0 Å². The molecule has 1 saturated carbocycles. The van der Waals surface area contributed by atoms with Crippen LogP contribution in [0.5, 0.6) is 0 Å². The van der Waals surface area contributed by atoms with E-state index in [0.717, 1.165) is 12.8 Å². The molecule has 88 valence electrons. The molecule has 0 bridgehead atoms. The maximum absolute atomic E-state index is 11.0. The smallest absolute Gasteiger partial charge is 0.331 e. The van der Waals surface area contributed by atoms with E-state index in [4.69, 9.17) is 5.11 Å². The predicted molar refractivity (Wildman–Crippen MR) is 64.1 cm³/mol. The molecule has 0 spiro atoms. The van der Waals surface area contributed by atoms with E-state index < -0.39 is 5.97 Å². The Bertz CT molecular complexity index is 341. The van der Waals surface area contributed by atoms with Crippen LogP contribution in [0.25, 0.3) is 0 Å². The third kappa shape index (κ3) is 2.06. The molecule has 2 heteroatoms. The van der Waals surface area contributed by atoms with E-state index in [2.05, 4.69) is 19.6 Å². The zero-order chi connectivity index (χ0) is 11.7. The molecule has 0 amide bonds. The average Bonchev–Trinajstić information content (AvgIpc) is 2.27. The van der Waals surface area contributed by atoms with Crippen molar-refractivity contribution in [3.8, 4) is 0 Å². The topological polar surface area (TPSA) is 37.3 Å². The molecule has 2 rings (SSSR count). The van der Waals surface area contributed by atoms with Gasteiger partial charge in [-0.25, -0.2) is 4.79 Å². The Kier molecular flexibility index (Phi) is 3.17. The van der Waals surface area contributed by atoms with Crippen LogP contribution in [0.2, 0.25) is 0 Å². The number of carbonyl (C=O) groups is 1.